The molecule has 0 unspecified atom stereocenters. The molecule has 2 aromatic rings. The van der Waals surface area contributed by atoms with Crippen molar-refractivity contribution in [2.75, 3.05) is 0 Å². The molecule has 0 aliphatic carbocycles. The van der Waals surface area contributed by atoms with Gasteiger partial charge in [-0.15, -0.1) is 0 Å². The van der Waals surface area contributed by atoms with Crippen LogP contribution in [0.2, 0.25) is 0 Å². The largest absolute Gasteiger partial charge is 0.267 e. The van der Waals surface area contributed by atoms with Crippen LogP contribution in [0.1, 0.15) is 26.5 Å². The first-order valence-corrected chi connectivity index (χ1v) is 5.32. The van der Waals surface area contributed by atoms with E-state index in [4.69, 9.17) is 0 Å². The molecule has 0 aromatic carbocycles. The maximum atomic E-state index is 4.37. The van der Waals surface area contributed by atoms with Crippen LogP contribution in [0.5, 0.6) is 0 Å². The Labute approximate surface area is 95.4 Å². The second-order valence-corrected chi connectivity index (χ2v) is 4.87. The fraction of sp³-hybridized carbons (Fsp3) is 0.417. The van der Waals surface area contributed by atoms with Crippen molar-refractivity contribution in [1.29, 1.82) is 0 Å². The Bertz CT molecular complexity index is 494. The number of hydrogen-bond acceptors (Lipinski definition) is 3. The van der Waals surface area contributed by atoms with Crippen LogP contribution in [0.15, 0.2) is 24.7 Å². The standard InChI is InChI=1S/C12H16N4/c1-9-5-6-13-11(15-9)10-7-14-16(8-10)12(2,3)4/h5-8H,1-4H3. The summed E-state index contributed by atoms with van der Waals surface area (Å²) in [7, 11) is 0. The van der Waals surface area contributed by atoms with E-state index in [1.807, 2.05) is 23.9 Å². The number of hydrogen-bond donors (Lipinski definition) is 0. The Kier molecular flexibility index (Phi) is 2.50. The molecule has 4 heteroatoms. The molecule has 0 aliphatic heterocycles. The quantitative estimate of drug-likeness (QED) is 0.735. The molecule has 2 aromatic heterocycles. The topological polar surface area (TPSA) is 43.6 Å². The van der Waals surface area contributed by atoms with E-state index >= 15 is 0 Å². The van der Waals surface area contributed by atoms with Gasteiger partial charge < -0.3 is 0 Å². The minimum Gasteiger partial charge on any atom is -0.267 e. The Morgan fingerprint density at radius 3 is 2.56 bits per heavy atom. The van der Waals surface area contributed by atoms with Gasteiger partial charge in [0.05, 0.1) is 17.3 Å². The maximum Gasteiger partial charge on any atom is 0.162 e. The van der Waals surface area contributed by atoms with E-state index < -0.39 is 0 Å². The summed E-state index contributed by atoms with van der Waals surface area (Å²) in [5, 5.41) is 4.33. The third-order valence-electron chi connectivity index (χ3n) is 2.32. The van der Waals surface area contributed by atoms with Crippen molar-refractivity contribution in [3.8, 4) is 11.4 Å². The van der Waals surface area contributed by atoms with E-state index in [1.165, 1.54) is 0 Å². The Hall–Kier alpha value is -1.71. The van der Waals surface area contributed by atoms with Crippen molar-refractivity contribution in [2.24, 2.45) is 0 Å². The molecule has 0 aliphatic rings. The smallest absolute Gasteiger partial charge is 0.162 e. The second-order valence-electron chi connectivity index (χ2n) is 4.87. The summed E-state index contributed by atoms with van der Waals surface area (Å²) in [6, 6.07) is 1.89. The summed E-state index contributed by atoms with van der Waals surface area (Å²) in [4.78, 5) is 8.62. The van der Waals surface area contributed by atoms with E-state index in [1.54, 1.807) is 12.4 Å². The lowest BCUT2D eigenvalue weighted by molar-refractivity contribution is 0.355. The third kappa shape index (κ3) is 2.10. The van der Waals surface area contributed by atoms with Crippen LogP contribution in [0, 0.1) is 6.92 Å². The Morgan fingerprint density at radius 1 is 1.25 bits per heavy atom. The molecule has 4 nitrogen and oxygen atoms in total. The summed E-state index contributed by atoms with van der Waals surface area (Å²) >= 11 is 0. The lowest BCUT2D eigenvalue weighted by atomic mass is 10.1. The van der Waals surface area contributed by atoms with E-state index in [0.717, 1.165) is 17.1 Å². The van der Waals surface area contributed by atoms with Crippen molar-refractivity contribution < 1.29 is 0 Å². The van der Waals surface area contributed by atoms with E-state index in [-0.39, 0.29) is 5.54 Å². The summed E-state index contributed by atoms with van der Waals surface area (Å²) in [5.41, 5.74) is 1.91. The van der Waals surface area contributed by atoms with Crippen molar-refractivity contribution in [3.63, 3.8) is 0 Å². The predicted molar refractivity (Wildman–Crippen MR) is 63.0 cm³/mol. The van der Waals surface area contributed by atoms with Gasteiger partial charge in [-0.3, -0.25) is 4.68 Å². The van der Waals surface area contributed by atoms with Gasteiger partial charge in [-0.1, -0.05) is 0 Å². The van der Waals surface area contributed by atoms with Crippen molar-refractivity contribution in [3.05, 3.63) is 30.4 Å². The molecular weight excluding hydrogens is 200 g/mol. The number of nitrogens with zero attached hydrogens (tertiary/aromatic N) is 4. The number of rotatable bonds is 1. The summed E-state index contributed by atoms with van der Waals surface area (Å²) in [5.74, 6) is 0.732. The van der Waals surface area contributed by atoms with Crippen LogP contribution in [0.4, 0.5) is 0 Å². The zero-order valence-electron chi connectivity index (χ0n) is 10.1. The second kappa shape index (κ2) is 3.70. The molecule has 84 valence electrons. The van der Waals surface area contributed by atoms with Gasteiger partial charge in [0.2, 0.25) is 0 Å². The monoisotopic (exact) mass is 216 g/mol. The fourth-order valence-corrected chi connectivity index (χ4v) is 1.39. The first-order chi connectivity index (χ1) is 7.47. The molecule has 0 atom stereocenters. The Balaban J connectivity index is 2.39. The highest BCUT2D eigenvalue weighted by Gasteiger charge is 2.15. The molecule has 16 heavy (non-hydrogen) atoms. The summed E-state index contributed by atoms with van der Waals surface area (Å²) < 4.78 is 1.92. The minimum absolute atomic E-state index is 0.0118. The maximum absolute atomic E-state index is 4.37. The number of aromatic nitrogens is 4. The van der Waals surface area contributed by atoms with Gasteiger partial charge in [0, 0.05) is 18.1 Å². The molecule has 0 bridgehead atoms. The molecule has 2 rings (SSSR count). The molecule has 0 spiro atoms. The van der Waals surface area contributed by atoms with Crippen LogP contribution < -0.4 is 0 Å². The van der Waals surface area contributed by atoms with Gasteiger partial charge in [0.25, 0.3) is 0 Å². The SMILES string of the molecule is Cc1ccnc(-c2cnn(C(C)(C)C)c2)n1. The van der Waals surface area contributed by atoms with Gasteiger partial charge in [-0.05, 0) is 33.8 Å². The van der Waals surface area contributed by atoms with E-state index in [9.17, 15) is 0 Å². The fourth-order valence-electron chi connectivity index (χ4n) is 1.39. The van der Waals surface area contributed by atoms with Crippen molar-refractivity contribution in [1.82, 2.24) is 19.7 Å². The molecule has 0 fully saturated rings. The van der Waals surface area contributed by atoms with Crippen LogP contribution in [-0.4, -0.2) is 19.7 Å². The van der Waals surface area contributed by atoms with Gasteiger partial charge in [0.15, 0.2) is 5.82 Å². The van der Waals surface area contributed by atoms with Crippen molar-refractivity contribution >= 4 is 0 Å². The van der Waals surface area contributed by atoms with E-state index in [2.05, 4.69) is 35.8 Å². The van der Waals surface area contributed by atoms with Crippen LogP contribution in [0.25, 0.3) is 11.4 Å². The molecule has 0 saturated carbocycles. The van der Waals surface area contributed by atoms with Crippen molar-refractivity contribution in [2.45, 2.75) is 33.2 Å². The Morgan fingerprint density at radius 2 is 2.00 bits per heavy atom. The first-order valence-electron chi connectivity index (χ1n) is 5.32. The van der Waals surface area contributed by atoms with Crippen LogP contribution >= 0.6 is 0 Å². The zero-order chi connectivity index (χ0) is 11.8. The molecule has 0 radical (unpaired) electrons. The first kappa shape index (κ1) is 10.8. The lowest BCUT2D eigenvalue weighted by Crippen LogP contribution is -2.21. The average Bonchev–Trinajstić information content (AvgIpc) is 2.65. The molecule has 0 saturated heterocycles. The van der Waals surface area contributed by atoms with Crippen LogP contribution in [0.3, 0.4) is 0 Å². The van der Waals surface area contributed by atoms with Gasteiger partial charge in [-0.2, -0.15) is 5.10 Å². The normalized spacial score (nSPS) is 11.8. The lowest BCUT2D eigenvalue weighted by Gasteiger charge is -2.18. The molecular formula is C12H16N4. The zero-order valence-corrected chi connectivity index (χ0v) is 10.1. The molecule has 0 N–H and O–H groups in total. The molecule has 2 heterocycles. The number of aryl methyl sites for hydroxylation is 1. The minimum atomic E-state index is -0.0118. The highest BCUT2D eigenvalue weighted by molar-refractivity contribution is 5.51. The van der Waals surface area contributed by atoms with Gasteiger partial charge >= 0.3 is 0 Å². The average molecular weight is 216 g/mol. The summed E-state index contributed by atoms with van der Waals surface area (Å²) in [6.45, 7) is 8.29. The third-order valence-corrected chi connectivity index (χ3v) is 2.32. The van der Waals surface area contributed by atoms with E-state index in [0.29, 0.717) is 0 Å². The highest BCUT2D eigenvalue weighted by atomic mass is 15.3. The van der Waals surface area contributed by atoms with Gasteiger partial charge in [0.1, 0.15) is 0 Å². The predicted octanol–water partition coefficient (Wildman–Crippen LogP) is 2.40. The molecule has 0 amide bonds. The summed E-state index contributed by atoms with van der Waals surface area (Å²) in [6.07, 6.45) is 5.56. The van der Waals surface area contributed by atoms with Crippen LogP contribution in [-0.2, 0) is 5.54 Å². The van der Waals surface area contributed by atoms with Gasteiger partial charge in [-0.25, -0.2) is 9.97 Å². The highest BCUT2D eigenvalue weighted by Crippen LogP contribution is 2.18.